The molecule has 0 aliphatic carbocycles. The average molecular weight is 397 g/mol. The minimum absolute atomic E-state index is 0.0933. The second kappa shape index (κ2) is 9.55. The van der Waals surface area contributed by atoms with Crippen molar-refractivity contribution in [1.82, 2.24) is 4.90 Å². The fourth-order valence-corrected chi connectivity index (χ4v) is 4.18. The first-order valence-electron chi connectivity index (χ1n) is 9.26. The molecule has 2 aromatic rings. The Kier molecular flexibility index (Phi) is 6.87. The lowest BCUT2D eigenvalue weighted by Crippen LogP contribution is -2.38. The number of nitrogens with zero attached hydrogens (tertiary/aromatic N) is 1. The summed E-state index contributed by atoms with van der Waals surface area (Å²) in [5.74, 6) is 0.282. The van der Waals surface area contributed by atoms with E-state index in [0.29, 0.717) is 11.3 Å². The van der Waals surface area contributed by atoms with Crippen molar-refractivity contribution >= 4 is 29.5 Å². The number of carbonyl (C=O) groups is 3. The fraction of sp³-hybridized carbons (Fsp3) is 0.318. The molecule has 3 rings (SSSR count). The van der Waals surface area contributed by atoms with Crippen LogP contribution in [0.3, 0.4) is 0 Å². The van der Waals surface area contributed by atoms with Crippen molar-refractivity contribution in [3.8, 4) is 0 Å². The molecule has 2 amide bonds. The average Bonchev–Trinajstić information content (AvgIpc) is 2.97. The number of ether oxygens (including phenoxy) is 1. The van der Waals surface area contributed by atoms with Gasteiger partial charge in [0.25, 0.3) is 0 Å². The van der Waals surface area contributed by atoms with Gasteiger partial charge in [0.15, 0.2) is 0 Å². The second-order valence-corrected chi connectivity index (χ2v) is 7.86. The van der Waals surface area contributed by atoms with Crippen LogP contribution in [-0.2, 0) is 20.1 Å². The molecular formula is C22H23NO4S. The van der Waals surface area contributed by atoms with E-state index in [1.807, 2.05) is 36.4 Å². The van der Waals surface area contributed by atoms with Crippen LogP contribution in [0.4, 0.5) is 0 Å². The van der Waals surface area contributed by atoms with Gasteiger partial charge < -0.3 is 4.74 Å². The van der Waals surface area contributed by atoms with E-state index in [-0.39, 0.29) is 30.7 Å². The number of amides is 2. The molecule has 0 radical (unpaired) electrons. The summed E-state index contributed by atoms with van der Waals surface area (Å²) in [4.78, 5) is 38.2. The van der Waals surface area contributed by atoms with Crippen LogP contribution in [0.2, 0.25) is 0 Å². The molecule has 2 atom stereocenters. The number of imide groups is 1. The number of thioether (sulfide) groups is 1. The molecule has 1 saturated heterocycles. The SMILES string of the molecule is CC(CN1C(=O)CC(CSCc2ccccc2)C1=O)OC(=O)c1ccccc1. The van der Waals surface area contributed by atoms with Gasteiger partial charge in [0.1, 0.15) is 6.10 Å². The third-order valence-corrected chi connectivity index (χ3v) is 5.70. The highest BCUT2D eigenvalue weighted by Crippen LogP contribution is 2.25. The van der Waals surface area contributed by atoms with E-state index in [4.69, 9.17) is 4.74 Å². The van der Waals surface area contributed by atoms with Crippen molar-refractivity contribution in [2.24, 2.45) is 5.92 Å². The topological polar surface area (TPSA) is 63.7 Å². The van der Waals surface area contributed by atoms with Crippen LogP contribution in [0, 0.1) is 5.92 Å². The Morgan fingerprint density at radius 2 is 1.75 bits per heavy atom. The molecule has 0 bridgehead atoms. The van der Waals surface area contributed by atoms with Gasteiger partial charge in [-0.25, -0.2) is 4.79 Å². The molecule has 0 aromatic heterocycles. The molecule has 28 heavy (non-hydrogen) atoms. The fourth-order valence-electron chi connectivity index (χ4n) is 3.09. The zero-order chi connectivity index (χ0) is 19.9. The van der Waals surface area contributed by atoms with Gasteiger partial charge >= 0.3 is 5.97 Å². The van der Waals surface area contributed by atoms with Gasteiger partial charge in [-0.2, -0.15) is 11.8 Å². The lowest BCUT2D eigenvalue weighted by Gasteiger charge is -2.20. The maximum atomic E-state index is 12.6. The summed E-state index contributed by atoms with van der Waals surface area (Å²) in [7, 11) is 0. The summed E-state index contributed by atoms with van der Waals surface area (Å²) in [5, 5.41) is 0. The van der Waals surface area contributed by atoms with Gasteiger partial charge in [-0.1, -0.05) is 48.5 Å². The molecule has 0 N–H and O–H groups in total. The molecular weight excluding hydrogens is 374 g/mol. The Hall–Kier alpha value is -2.60. The predicted molar refractivity (Wildman–Crippen MR) is 109 cm³/mol. The number of likely N-dealkylation sites (tertiary alicyclic amines) is 1. The van der Waals surface area contributed by atoms with Crippen molar-refractivity contribution in [3.05, 3.63) is 71.8 Å². The van der Waals surface area contributed by atoms with Crippen molar-refractivity contribution in [3.63, 3.8) is 0 Å². The largest absolute Gasteiger partial charge is 0.457 e. The predicted octanol–water partition coefficient (Wildman–Crippen LogP) is 3.54. The van der Waals surface area contributed by atoms with Crippen LogP contribution in [-0.4, -0.2) is 41.1 Å². The summed E-state index contributed by atoms with van der Waals surface area (Å²) in [5.41, 5.74) is 1.64. The number of hydrogen-bond acceptors (Lipinski definition) is 5. The Balaban J connectivity index is 1.48. The van der Waals surface area contributed by atoms with E-state index in [0.717, 1.165) is 5.75 Å². The minimum atomic E-state index is -0.559. The highest BCUT2D eigenvalue weighted by molar-refractivity contribution is 7.98. The minimum Gasteiger partial charge on any atom is -0.457 e. The smallest absolute Gasteiger partial charge is 0.338 e. The summed E-state index contributed by atoms with van der Waals surface area (Å²) >= 11 is 1.65. The molecule has 146 valence electrons. The van der Waals surface area contributed by atoms with Crippen molar-refractivity contribution in [2.45, 2.75) is 25.2 Å². The highest BCUT2D eigenvalue weighted by atomic mass is 32.2. The molecule has 1 fully saturated rings. The van der Waals surface area contributed by atoms with Crippen LogP contribution < -0.4 is 0 Å². The Bertz CT molecular complexity index is 825. The maximum absolute atomic E-state index is 12.6. The highest BCUT2D eigenvalue weighted by Gasteiger charge is 2.39. The zero-order valence-corrected chi connectivity index (χ0v) is 16.6. The Morgan fingerprint density at radius 3 is 2.43 bits per heavy atom. The molecule has 1 aliphatic heterocycles. The van der Waals surface area contributed by atoms with Gasteiger partial charge in [-0.15, -0.1) is 0 Å². The van der Waals surface area contributed by atoms with Gasteiger partial charge in [0, 0.05) is 17.9 Å². The van der Waals surface area contributed by atoms with Crippen molar-refractivity contribution in [1.29, 1.82) is 0 Å². The lowest BCUT2D eigenvalue weighted by molar-refractivity contribution is -0.140. The van der Waals surface area contributed by atoms with Crippen LogP contribution in [0.15, 0.2) is 60.7 Å². The number of benzene rings is 2. The molecule has 1 heterocycles. The Morgan fingerprint density at radius 1 is 1.11 bits per heavy atom. The monoisotopic (exact) mass is 397 g/mol. The molecule has 5 nitrogen and oxygen atoms in total. The number of esters is 1. The first-order chi connectivity index (χ1) is 13.5. The molecule has 0 saturated carbocycles. The molecule has 6 heteroatoms. The van der Waals surface area contributed by atoms with Gasteiger partial charge in [0.05, 0.1) is 18.0 Å². The van der Waals surface area contributed by atoms with Crippen molar-refractivity contribution < 1.29 is 19.1 Å². The summed E-state index contributed by atoms with van der Waals surface area (Å²) in [6.45, 7) is 1.79. The van der Waals surface area contributed by atoms with Crippen LogP contribution in [0.25, 0.3) is 0 Å². The summed E-state index contributed by atoms with van der Waals surface area (Å²) in [6.07, 6.45) is -0.337. The molecule has 2 unspecified atom stereocenters. The number of carbonyl (C=O) groups excluding carboxylic acids is 3. The standard InChI is InChI=1S/C22H23NO4S/c1-16(27-22(26)18-10-6-3-7-11-18)13-23-20(24)12-19(21(23)25)15-28-14-17-8-4-2-5-9-17/h2-11,16,19H,12-15H2,1H3. The Labute approximate surface area is 169 Å². The van der Waals surface area contributed by atoms with E-state index >= 15 is 0 Å². The van der Waals surface area contributed by atoms with E-state index in [2.05, 4.69) is 0 Å². The van der Waals surface area contributed by atoms with E-state index in [9.17, 15) is 14.4 Å². The van der Waals surface area contributed by atoms with Crippen LogP contribution >= 0.6 is 11.8 Å². The maximum Gasteiger partial charge on any atom is 0.338 e. The molecule has 1 aliphatic rings. The summed E-state index contributed by atoms with van der Waals surface area (Å²) < 4.78 is 5.38. The number of rotatable bonds is 8. The normalized spacial score (nSPS) is 17.6. The molecule has 2 aromatic carbocycles. The third-order valence-electron chi connectivity index (χ3n) is 4.53. The molecule has 0 spiro atoms. The second-order valence-electron chi connectivity index (χ2n) is 6.83. The lowest BCUT2D eigenvalue weighted by atomic mass is 10.1. The summed E-state index contributed by atoms with van der Waals surface area (Å²) in [6, 6.07) is 18.7. The first-order valence-corrected chi connectivity index (χ1v) is 10.4. The van der Waals surface area contributed by atoms with E-state index < -0.39 is 12.1 Å². The van der Waals surface area contributed by atoms with Crippen molar-refractivity contribution in [2.75, 3.05) is 12.3 Å². The van der Waals surface area contributed by atoms with Gasteiger partial charge in [0.2, 0.25) is 11.8 Å². The van der Waals surface area contributed by atoms with Gasteiger partial charge in [-0.3, -0.25) is 14.5 Å². The quantitative estimate of drug-likeness (QED) is 0.504. The van der Waals surface area contributed by atoms with Gasteiger partial charge in [-0.05, 0) is 24.6 Å². The van der Waals surface area contributed by atoms with Crippen LogP contribution in [0.1, 0.15) is 29.3 Å². The number of hydrogen-bond donors (Lipinski definition) is 0. The zero-order valence-electron chi connectivity index (χ0n) is 15.7. The van der Waals surface area contributed by atoms with E-state index in [1.165, 1.54) is 10.5 Å². The van der Waals surface area contributed by atoms with Crippen LogP contribution in [0.5, 0.6) is 0 Å². The van der Waals surface area contributed by atoms with E-state index in [1.54, 1.807) is 43.0 Å². The third kappa shape index (κ3) is 5.23. The first kappa shape index (κ1) is 20.1.